The van der Waals surface area contributed by atoms with Crippen LogP contribution in [-0.4, -0.2) is 78.0 Å². The highest BCUT2D eigenvalue weighted by Gasteiger charge is 2.46. The Morgan fingerprint density at radius 2 is 1.91 bits per heavy atom. The van der Waals surface area contributed by atoms with Crippen LogP contribution in [0.15, 0.2) is 54.6 Å². The molecule has 3 aromatic rings. The molecule has 2 aromatic carbocycles. The van der Waals surface area contributed by atoms with Gasteiger partial charge in [-0.05, 0) is 35.2 Å². The summed E-state index contributed by atoms with van der Waals surface area (Å²) in [5, 5.41) is 12.5. The van der Waals surface area contributed by atoms with E-state index in [9.17, 15) is 14.4 Å². The molecule has 12 heteroatoms. The number of nitrogens with one attached hydrogen (secondary N) is 1. The number of esters is 1. The van der Waals surface area contributed by atoms with Crippen LogP contribution in [0.5, 0.6) is 11.6 Å². The molecule has 1 aromatic heterocycles. The Hall–Kier alpha value is -3.95. The number of alkyl carbamates (subject to hydrolysis) is 1. The van der Waals surface area contributed by atoms with Gasteiger partial charge >= 0.3 is 12.1 Å². The molecule has 11 nitrogen and oxygen atoms in total. The van der Waals surface area contributed by atoms with Crippen molar-refractivity contribution in [1.82, 2.24) is 15.2 Å². The van der Waals surface area contributed by atoms with Crippen LogP contribution in [0.2, 0.25) is 0 Å². The Morgan fingerprint density at radius 3 is 2.60 bits per heavy atom. The number of pyridine rings is 1. The molecule has 1 aliphatic rings. The van der Waals surface area contributed by atoms with Gasteiger partial charge < -0.3 is 34.1 Å². The van der Waals surface area contributed by atoms with Crippen LogP contribution in [0.25, 0.3) is 22.0 Å². The Morgan fingerprint density at radius 1 is 1.14 bits per heavy atom. The maximum atomic E-state index is 13.9. The SMILES string of the molecule is COC(=O)[C@@H]1C[C@@H](Oc2nc3ccccc3cc2-c2cccc(OP)c2)CN1C(=O)[C@@H](NC(=O)OCCCO)C(C)(C)C. The molecule has 0 saturated carbocycles. The molecule has 1 fully saturated rings. The summed E-state index contributed by atoms with van der Waals surface area (Å²) in [4.78, 5) is 45.5. The first kappa shape index (κ1) is 32.0. The van der Waals surface area contributed by atoms with Gasteiger partial charge in [0.1, 0.15) is 23.9 Å². The van der Waals surface area contributed by atoms with E-state index in [1.165, 1.54) is 12.0 Å². The summed E-state index contributed by atoms with van der Waals surface area (Å²) in [6.07, 6.45) is -0.945. The lowest BCUT2D eigenvalue weighted by Gasteiger charge is -2.34. The van der Waals surface area contributed by atoms with E-state index in [-0.39, 0.29) is 32.6 Å². The van der Waals surface area contributed by atoms with Crippen LogP contribution in [0.3, 0.4) is 0 Å². The van der Waals surface area contributed by atoms with Crippen molar-refractivity contribution in [2.45, 2.75) is 51.8 Å². The number of hydrogen-bond donors (Lipinski definition) is 2. The molecule has 1 unspecified atom stereocenters. The monoisotopic (exact) mass is 611 g/mol. The zero-order chi connectivity index (χ0) is 31.1. The zero-order valence-electron chi connectivity index (χ0n) is 24.7. The number of hydrogen-bond acceptors (Lipinski definition) is 9. The maximum Gasteiger partial charge on any atom is 0.407 e. The number of ether oxygens (including phenoxy) is 3. The van der Waals surface area contributed by atoms with E-state index >= 15 is 0 Å². The normalized spacial score (nSPS) is 17.3. The van der Waals surface area contributed by atoms with Gasteiger partial charge in [-0.1, -0.05) is 51.1 Å². The number of aromatic nitrogens is 1. The van der Waals surface area contributed by atoms with Crippen molar-refractivity contribution in [1.29, 1.82) is 0 Å². The molecule has 4 rings (SSSR count). The summed E-state index contributed by atoms with van der Waals surface area (Å²) in [5.41, 5.74) is 1.55. The molecule has 43 heavy (non-hydrogen) atoms. The molecule has 0 radical (unpaired) electrons. The van der Waals surface area contributed by atoms with Gasteiger partial charge in [0, 0.05) is 30.4 Å². The van der Waals surface area contributed by atoms with Crippen LogP contribution in [0.4, 0.5) is 4.79 Å². The molecule has 1 saturated heterocycles. The van der Waals surface area contributed by atoms with E-state index in [1.54, 1.807) is 20.8 Å². The number of amides is 2. The van der Waals surface area contributed by atoms with Gasteiger partial charge in [-0.25, -0.2) is 14.6 Å². The highest BCUT2D eigenvalue weighted by atomic mass is 31.0. The molecule has 0 aliphatic carbocycles. The third kappa shape index (κ3) is 7.72. The number of methoxy groups -OCH3 is 1. The fourth-order valence-electron chi connectivity index (χ4n) is 4.98. The summed E-state index contributed by atoms with van der Waals surface area (Å²) in [5.74, 6) is -0.0687. The third-order valence-corrected chi connectivity index (χ3v) is 7.45. The molecule has 2 amide bonds. The van der Waals surface area contributed by atoms with Crippen LogP contribution >= 0.6 is 9.47 Å². The molecule has 0 spiro atoms. The summed E-state index contributed by atoms with van der Waals surface area (Å²) in [7, 11) is 3.50. The predicted molar refractivity (Wildman–Crippen MR) is 163 cm³/mol. The number of nitrogens with zero attached hydrogens (tertiary/aromatic N) is 2. The Labute approximate surface area is 253 Å². The number of aliphatic hydroxyl groups is 1. The first-order valence-corrected chi connectivity index (χ1v) is 14.5. The number of fused-ring (bicyclic) bond motifs is 1. The first-order valence-electron chi connectivity index (χ1n) is 14.0. The van der Waals surface area contributed by atoms with E-state index in [2.05, 4.69) is 14.8 Å². The minimum Gasteiger partial charge on any atom is -0.480 e. The van der Waals surface area contributed by atoms with Gasteiger partial charge in [-0.2, -0.15) is 0 Å². The molecule has 0 bridgehead atoms. The van der Waals surface area contributed by atoms with E-state index < -0.39 is 41.6 Å². The first-order chi connectivity index (χ1) is 20.5. The van der Waals surface area contributed by atoms with Gasteiger partial charge in [0.15, 0.2) is 0 Å². The number of likely N-dealkylation sites (tertiary alicyclic amines) is 1. The van der Waals surface area contributed by atoms with Crippen molar-refractivity contribution >= 4 is 38.3 Å². The van der Waals surface area contributed by atoms with Gasteiger partial charge in [0.25, 0.3) is 0 Å². The lowest BCUT2D eigenvalue weighted by atomic mass is 9.85. The summed E-state index contributed by atoms with van der Waals surface area (Å²) in [6, 6.07) is 15.2. The molecule has 2 N–H and O–H groups in total. The topological polar surface area (TPSA) is 137 Å². The van der Waals surface area contributed by atoms with Crippen molar-refractivity contribution < 1.29 is 38.2 Å². The van der Waals surface area contributed by atoms with Crippen molar-refractivity contribution in [2.75, 3.05) is 26.9 Å². The lowest BCUT2D eigenvalue weighted by molar-refractivity contribution is -0.152. The van der Waals surface area contributed by atoms with Crippen molar-refractivity contribution in [3.63, 3.8) is 0 Å². The smallest absolute Gasteiger partial charge is 0.407 e. The number of carbonyl (C=O) groups excluding carboxylic acids is 3. The Kier molecular flexibility index (Phi) is 10.4. The van der Waals surface area contributed by atoms with E-state index in [1.807, 2.05) is 54.6 Å². The highest BCUT2D eigenvalue weighted by Crippen LogP contribution is 2.36. The molecular weight excluding hydrogens is 573 g/mol. The Balaban J connectivity index is 1.64. The van der Waals surface area contributed by atoms with Crippen LogP contribution in [0, 0.1) is 5.41 Å². The largest absolute Gasteiger partial charge is 0.480 e. The van der Waals surface area contributed by atoms with Crippen molar-refractivity contribution in [2.24, 2.45) is 5.41 Å². The minimum atomic E-state index is -1.01. The number of aliphatic hydroxyl groups excluding tert-OH is 1. The van der Waals surface area contributed by atoms with Gasteiger partial charge in [-0.15, -0.1) is 0 Å². The average Bonchev–Trinajstić information content (AvgIpc) is 3.42. The van der Waals surface area contributed by atoms with Crippen LogP contribution < -0.4 is 14.6 Å². The molecular formula is C31H38N3O8P. The van der Waals surface area contributed by atoms with E-state index in [4.69, 9.17) is 28.8 Å². The fraction of sp³-hybridized carbons (Fsp3) is 0.419. The van der Waals surface area contributed by atoms with Crippen LogP contribution in [-0.2, 0) is 19.1 Å². The van der Waals surface area contributed by atoms with Gasteiger partial charge in [-0.3, -0.25) is 4.79 Å². The molecule has 4 atom stereocenters. The summed E-state index contributed by atoms with van der Waals surface area (Å²) >= 11 is 0. The second-order valence-electron chi connectivity index (χ2n) is 11.3. The summed E-state index contributed by atoms with van der Waals surface area (Å²) in [6.45, 7) is 5.35. The van der Waals surface area contributed by atoms with Gasteiger partial charge in [0.05, 0.1) is 35.2 Å². The zero-order valence-corrected chi connectivity index (χ0v) is 25.9. The average molecular weight is 612 g/mol. The second-order valence-corrected chi connectivity index (χ2v) is 11.6. The fourth-order valence-corrected chi connectivity index (χ4v) is 5.13. The predicted octanol–water partition coefficient (Wildman–Crippen LogP) is 4.12. The highest BCUT2D eigenvalue weighted by molar-refractivity contribution is 7.10. The van der Waals surface area contributed by atoms with Crippen molar-refractivity contribution in [3.8, 4) is 22.8 Å². The number of benzene rings is 2. The lowest BCUT2D eigenvalue weighted by Crippen LogP contribution is -2.57. The van der Waals surface area contributed by atoms with Gasteiger partial charge in [0.2, 0.25) is 11.8 Å². The van der Waals surface area contributed by atoms with Crippen LogP contribution in [0.1, 0.15) is 33.6 Å². The third-order valence-electron chi connectivity index (χ3n) is 7.18. The molecule has 2 heterocycles. The molecule has 230 valence electrons. The second kappa shape index (κ2) is 14.0. The quantitative estimate of drug-likeness (QED) is 0.197. The van der Waals surface area contributed by atoms with E-state index in [0.717, 1.165) is 22.0 Å². The number of carbonyl (C=O) groups is 3. The summed E-state index contributed by atoms with van der Waals surface area (Å²) < 4.78 is 22.0. The van der Waals surface area contributed by atoms with E-state index in [0.29, 0.717) is 11.6 Å². The Bertz CT molecular complexity index is 1460. The molecule has 1 aliphatic heterocycles. The standard InChI is InChI=1S/C31H38N3O8P/c1-31(2,3)26(33-30(38)40-14-8-13-35)28(36)34-18-22(17-25(34)29(37)39-4)41-27-23(19-10-7-11-21(15-19)42-43)16-20-9-5-6-12-24(20)32-27/h5-7,9-12,15-16,22,25-26,35H,8,13-14,17-18,43H2,1-4H3,(H,33,38)/t22-,25+,26-/m1/s1. The van der Waals surface area contributed by atoms with Crippen molar-refractivity contribution in [3.05, 3.63) is 54.6 Å². The number of rotatable bonds is 10. The number of para-hydroxylation sites is 1. The maximum absolute atomic E-state index is 13.9. The minimum absolute atomic E-state index is 0.00498.